The lowest BCUT2D eigenvalue weighted by Gasteiger charge is -2.34. The largest absolute Gasteiger partial charge is 0.487 e. The van der Waals surface area contributed by atoms with E-state index in [9.17, 15) is 0 Å². The minimum Gasteiger partial charge on any atom is -0.487 e. The van der Waals surface area contributed by atoms with Crippen molar-refractivity contribution in [1.29, 1.82) is 0 Å². The Balaban J connectivity index is 1.39. The second kappa shape index (κ2) is 12.3. The average molecular weight is 426 g/mol. The van der Waals surface area contributed by atoms with E-state index in [4.69, 9.17) is 9.47 Å². The Morgan fingerprint density at radius 2 is 2.06 bits per heavy atom. The first-order valence-corrected chi connectivity index (χ1v) is 11.0. The van der Waals surface area contributed by atoms with Gasteiger partial charge in [-0.1, -0.05) is 32.0 Å². The van der Waals surface area contributed by atoms with E-state index in [1.54, 1.807) is 13.2 Å². The lowest BCUT2D eigenvalue weighted by molar-refractivity contribution is -0.0284. The van der Waals surface area contributed by atoms with Crippen molar-refractivity contribution in [3.05, 3.63) is 59.9 Å². The van der Waals surface area contributed by atoms with Gasteiger partial charge in [-0.15, -0.1) is 0 Å². The number of guanidine groups is 1. The molecule has 0 bridgehead atoms. The van der Waals surface area contributed by atoms with Gasteiger partial charge in [0, 0.05) is 46.0 Å². The van der Waals surface area contributed by atoms with Crippen molar-refractivity contribution in [2.75, 3.05) is 39.8 Å². The molecule has 7 nitrogen and oxygen atoms in total. The molecule has 1 aromatic carbocycles. The quantitative estimate of drug-likeness (QED) is 0.476. The highest BCUT2D eigenvalue weighted by Crippen LogP contribution is 2.14. The van der Waals surface area contributed by atoms with Gasteiger partial charge in [0.15, 0.2) is 5.96 Å². The highest BCUT2D eigenvalue weighted by molar-refractivity contribution is 5.79. The molecule has 1 aromatic heterocycles. The molecule has 0 amide bonds. The van der Waals surface area contributed by atoms with Crippen molar-refractivity contribution in [2.24, 2.45) is 10.9 Å². The molecule has 0 aliphatic carbocycles. The van der Waals surface area contributed by atoms with Crippen LogP contribution in [0.15, 0.2) is 53.7 Å². The molecule has 168 valence electrons. The van der Waals surface area contributed by atoms with E-state index in [0.717, 1.165) is 55.8 Å². The van der Waals surface area contributed by atoms with E-state index >= 15 is 0 Å². The first-order valence-electron chi connectivity index (χ1n) is 11.0. The summed E-state index contributed by atoms with van der Waals surface area (Å²) in [6.07, 6.45) is 1.96. The molecular formula is C24H35N5O2. The Morgan fingerprint density at radius 1 is 1.23 bits per heavy atom. The van der Waals surface area contributed by atoms with E-state index in [0.29, 0.717) is 19.1 Å². The van der Waals surface area contributed by atoms with Crippen LogP contribution in [0.2, 0.25) is 0 Å². The van der Waals surface area contributed by atoms with Crippen LogP contribution in [0.1, 0.15) is 25.1 Å². The predicted octanol–water partition coefficient (Wildman–Crippen LogP) is 2.68. The molecule has 0 radical (unpaired) electrons. The molecule has 1 unspecified atom stereocenters. The van der Waals surface area contributed by atoms with Crippen LogP contribution >= 0.6 is 0 Å². The maximum atomic E-state index is 5.91. The molecule has 1 atom stereocenters. The van der Waals surface area contributed by atoms with Crippen molar-refractivity contribution in [2.45, 2.75) is 33.1 Å². The van der Waals surface area contributed by atoms with Gasteiger partial charge in [0.25, 0.3) is 0 Å². The standard InChI is InChI=1S/C24H35N5O2/c1-19(2)16-29-12-13-30-23(17-29)15-28-24(25-3)27-14-20-7-9-22(10-8-20)31-18-21-6-4-5-11-26-21/h4-11,19,23H,12-18H2,1-3H3,(H2,25,27,28). The number of rotatable bonds is 9. The second-order valence-electron chi connectivity index (χ2n) is 8.21. The summed E-state index contributed by atoms with van der Waals surface area (Å²) in [6, 6.07) is 13.9. The fourth-order valence-corrected chi connectivity index (χ4v) is 3.55. The summed E-state index contributed by atoms with van der Waals surface area (Å²) >= 11 is 0. The summed E-state index contributed by atoms with van der Waals surface area (Å²) in [6.45, 7) is 10.3. The second-order valence-corrected chi connectivity index (χ2v) is 8.21. The monoisotopic (exact) mass is 425 g/mol. The minimum atomic E-state index is 0.182. The van der Waals surface area contributed by atoms with Crippen molar-refractivity contribution in [3.8, 4) is 5.75 Å². The normalized spacial score (nSPS) is 17.5. The van der Waals surface area contributed by atoms with Crippen LogP contribution in [0.5, 0.6) is 5.75 Å². The molecule has 1 fully saturated rings. The number of benzene rings is 1. The van der Waals surface area contributed by atoms with Crippen LogP contribution in [0.3, 0.4) is 0 Å². The summed E-state index contributed by atoms with van der Waals surface area (Å²) in [5, 5.41) is 6.75. The van der Waals surface area contributed by atoms with Crippen molar-refractivity contribution in [3.63, 3.8) is 0 Å². The van der Waals surface area contributed by atoms with Crippen LogP contribution in [-0.2, 0) is 17.9 Å². The van der Waals surface area contributed by atoms with E-state index < -0.39 is 0 Å². The number of hydrogen-bond donors (Lipinski definition) is 2. The third-order valence-electron chi connectivity index (χ3n) is 5.06. The number of hydrogen-bond acceptors (Lipinski definition) is 5. The van der Waals surface area contributed by atoms with Crippen LogP contribution in [0.4, 0.5) is 0 Å². The fourth-order valence-electron chi connectivity index (χ4n) is 3.55. The smallest absolute Gasteiger partial charge is 0.191 e. The number of ether oxygens (including phenoxy) is 2. The van der Waals surface area contributed by atoms with Gasteiger partial charge in [-0.2, -0.15) is 0 Å². The first kappa shape index (κ1) is 23.0. The molecule has 1 saturated heterocycles. The van der Waals surface area contributed by atoms with Crippen LogP contribution in [0.25, 0.3) is 0 Å². The van der Waals surface area contributed by atoms with E-state index in [1.807, 2.05) is 30.3 Å². The first-order chi connectivity index (χ1) is 15.1. The van der Waals surface area contributed by atoms with Gasteiger partial charge in [0.2, 0.25) is 0 Å². The summed E-state index contributed by atoms with van der Waals surface area (Å²) in [7, 11) is 1.79. The third kappa shape index (κ3) is 8.19. The zero-order chi connectivity index (χ0) is 21.9. The van der Waals surface area contributed by atoms with Gasteiger partial charge in [-0.25, -0.2) is 0 Å². The average Bonchev–Trinajstić information content (AvgIpc) is 2.79. The van der Waals surface area contributed by atoms with Crippen LogP contribution in [0, 0.1) is 5.92 Å². The molecular weight excluding hydrogens is 390 g/mol. The Kier molecular flexibility index (Phi) is 9.12. The molecule has 1 aliphatic rings. The molecule has 3 rings (SSSR count). The summed E-state index contributed by atoms with van der Waals surface area (Å²) in [5.74, 6) is 2.28. The number of aromatic nitrogens is 1. The van der Waals surface area contributed by atoms with Gasteiger partial charge in [-0.3, -0.25) is 14.9 Å². The van der Waals surface area contributed by atoms with Gasteiger partial charge in [0.1, 0.15) is 12.4 Å². The number of nitrogens with one attached hydrogen (secondary N) is 2. The van der Waals surface area contributed by atoms with Gasteiger partial charge >= 0.3 is 0 Å². The van der Waals surface area contributed by atoms with Crippen LogP contribution in [-0.4, -0.2) is 61.8 Å². The molecule has 7 heteroatoms. The summed E-state index contributed by atoms with van der Waals surface area (Å²) in [4.78, 5) is 11.1. The van der Waals surface area contributed by atoms with E-state index in [2.05, 4.69) is 51.5 Å². The van der Waals surface area contributed by atoms with Crippen molar-refractivity contribution in [1.82, 2.24) is 20.5 Å². The van der Waals surface area contributed by atoms with Crippen LogP contribution < -0.4 is 15.4 Å². The molecule has 0 saturated carbocycles. The van der Waals surface area contributed by atoms with Gasteiger partial charge in [-0.05, 0) is 35.7 Å². The Hall–Kier alpha value is -2.64. The molecule has 2 aromatic rings. The number of nitrogens with zero attached hydrogens (tertiary/aromatic N) is 3. The van der Waals surface area contributed by atoms with Gasteiger partial charge < -0.3 is 20.1 Å². The van der Waals surface area contributed by atoms with Crippen molar-refractivity contribution < 1.29 is 9.47 Å². The Morgan fingerprint density at radius 3 is 2.77 bits per heavy atom. The maximum Gasteiger partial charge on any atom is 0.191 e. The third-order valence-corrected chi connectivity index (χ3v) is 5.06. The summed E-state index contributed by atoms with van der Waals surface area (Å²) < 4.78 is 11.7. The molecule has 2 heterocycles. The predicted molar refractivity (Wildman–Crippen MR) is 124 cm³/mol. The fraction of sp³-hybridized carbons (Fsp3) is 0.500. The highest BCUT2D eigenvalue weighted by Gasteiger charge is 2.21. The lowest BCUT2D eigenvalue weighted by Crippen LogP contribution is -2.50. The SMILES string of the molecule is CN=C(NCc1ccc(OCc2ccccn2)cc1)NCC1CN(CC(C)C)CCO1. The lowest BCUT2D eigenvalue weighted by atomic mass is 10.2. The zero-order valence-electron chi connectivity index (χ0n) is 18.9. The number of pyridine rings is 1. The van der Waals surface area contributed by atoms with E-state index in [1.165, 1.54) is 0 Å². The van der Waals surface area contributed by atoms with Gasteiger partial charge in [0.05, 0.1) is 18.4 Å². The van der Waals surface area contributed by atoms with Crippen molar-refractivity contribution >= 4 is 5.96 Å². The highest BCUT2D eigenvalue weighted by atomic mass is 16.5. The Bertz CT molecular complexity index is 795. The molecule has 31 heavy (non-hydrogen) atoms. The Labute approximate surface area is 185 Å². The maximum absolute atomic E-state index is 5.91. The number of aliphatic imine (C=N–C) groups is 1. The molecule has 2 N–H and O–H groups in total. The minimum absolute atomic E-state index is 0.182. The molecule has 1 aliphatic heterocycles. The summed E-state index contributed by atoms with van der Waals surface area (Å²) in [5.41, 5.74) is 2.07. The molecule has 0 spiro atoms. The topological polar surface area (TPSA) is 71.0 Å². The number of morpholine rings is 1. The van der Waals surface area contributed by atoms with E-state index in [-0.39, 0.29) is 6.10 Å². The zero-order valence-corrected chi connectivity index (χ0v) is 18.9.